The molecule has 160 valence electrons. The summed E-state index contributed by atoms with van der Waals surface area (Å²) in [6.45, 7) is 3.42. The molecule has 0 aliphatic rings. The lowest BCUT2D eigenvalue weighted by Crippen LogP contribution is -2.40. The van der Waals surface area contributed by atoms with Gasteiger partial charge in [0.2, 0.25) is 17.7 Å². The second-order valence-electron chi connectivity index (χ2n) is 5.98. The van der Waals surface area contributed by atoms with Crippen LogP contribution in [0.25, 0.3) is 0 Å². The fraction of sp³-hybridized carbons (Fsp3) is 0.333. The maximum Gasteiger partial charge on any atom is 0.573 e. The van der Waals surface area contributed by atoms with Crippen LogP contribution < -0.4 is 25.4 Å². The van der Waals surface area contributed by atoms with Crippen LogP contribution >= 0.6 is 0 Å². The fourth-order valence-electron chi connectivity index (χ4n) is 2.41. The number of likely N-dealkylation sites (N-methyl/N-ethyl adjacent to an activating group) is 1. The maximum atomic E-state index is 12.7. The molecule has 12 heteroatoms. The lowest BCUT2D eigenvalue weighted by Gasteiger charge is -2.26. The maximum absolute atomic E-state index is 12.7. The zero-order chi connectivity index (χ0) is 22.5. The number of aromatic nitrogens is 2. The topological polar surface area (TPSA) is 126 Å². The SMILES string of the molecule is CCOc1nc(N)nc(NC(=O)[C@H](C)N(C)c2cccc(OC(F)(F)F)c2)c1C#N. The smallest absolute Gasteiger partial charge is 0.477 e. The zero-order valence-electron chi connectivity index (χ0n) is 16.3. The summed E-state index contributed by atoms with van der Waals surface area (Å²) in [6, 6.07) is 6.17. The van der Waals surface area contributed by atoms with Crippen LogP contribution in [0.4, 0.5) is 30.6 Å². The number of ether oxygens (including phenoxy) is 2. The van der Waals surface area contributed by atoms with E-state index in [0.29, 0.717) is 5.69 Å². The van der Waals surface area contributed by atoms with Crippen LogP contribution in [0.1, 0.15) is 19.4 Å². The number of alkyl halides is 3. The van der Waals surface area contributed by atoms with Crippen LogP contribution in [0.3, 0.4) is 0 Å². The van der Waals surface area contributed by atoms with Crippen LogP contribution in [0.5, 0.6) is 11.6 Å². The van der Waals surface area contributed by atoms with Crippen LogP contribution in [0.2, 0.25) is 0 Å². The first-order valence-electron chi connectivity index (χ1n) is 8.65. The Morgan fingerprint density at radius 1 is 1.40 bits per heavy atom. The number of carbonyl (C=O) groups excluding carboxylic acids is 1. The van der Waals surface area contributed by atoms with Crippen molar-refractivity contribution in [2.24, 2.45) is 0 Å². The highest BCUT2D eigenvalue weighted by Gasteiger charge is 2.31. The Bertz CT molecular complexity index is 961. The molecule has 1 heterocycles. The standard InChI is InChI=1S/C18H19F3N6O3/c1-4-29-16-13(9-22)14(25-17(23)26-16)24-15(28)10(2)27(3)11-6-5-7-12(8-11)30-18(19,20)21/h5-8,10H,4H2,1-3H3,(H3,23,24,25,26,28)/t10-/m0/s1. The van der Waals surface area contributed by atoms with Gasteiger partial charge in [-0.15, -0.1) is 13.2 Å². The summed E-state index contributed by atoms with van der Waals surface area (Å²) in [6.07, 6.45) is -4.83. The highest BCUT2D eigenvalue weighted by atomic mass is 19.4. The molecule has 9 nitrogen and oxygen atoms in total. The van der Waals surface area contributed by atoms with Gasteiger partial charge in [-0.25, -0.2) is 0 Å². The number of benzene rings is 1. The molecule has 0 aliphatic carbocycles. The Morgan fingerprint density at radius 2 is 2.10 bits per heavy atom. The molecule has 0 radical (unpaired) electrons. The molecule has 0 spiro atoms. The predicted molar refractivity (Wildman–Crippen MR) is 102 cm³/mol. The molecule has 1 atom stereocenters. The molecule has 0 saturated heterocycles. The largest absolute Gasteiger partial charge is 0.573 e. The van der Waals surface area contributed by atoms with Gasteiger partial charge in [-0.05, 0) is 26.0 Å². The first kappa shape index (κ1) is 22.5. The number of hydrogen-bond donors (Lipinski definition) is 2. The Labute approximate surface area is 170 Å². The van der Waals surface area contributed by atoms with E-state index in [1.165, 1.54) is 31.0 Å². The Kier molecular flexibility index (Phi) is 6.89. The van der Waals surface area contributed by atoms with E-state index in [0.717, 1.165) is 12.1 Å². The molecule has 1 aromatic heterocycles. The third-order valence-corrected chi connectivity index (χ3v) is 3.95. The first-order valence-corrected chi connectivity index (χ1v) is 8.65. The van der Waals surface area contributed by atoms with Gasteiger partial charge < -0.3 is 25.4 Å². The van der Waals surface area contributed by atoms with E-state index >= 15 is 0 Å². The number of amides is 1. The van der Waals surface area contributed by atoms with Crippen LogP contribution in [-0.2, 0) is 4.79 Å². The van der Waals surface area contributed by atoms with Crippen molar-refractivity contribution in [2.75, 3.05) is 29.6 Å². The number of nitrogen functional groups attached to an aromatic ring is 1. The monoisotopic (exact) mass is 424 g/mol. The fourth-order valence-corrected chi connectivity index (χ4v) is 2.41. The van der Waals surface area contributed by atoms with E-state index in [-0.39, 0.29) is 29.8 Å². The second kappa shape index (κ2) is 9.17. The van der Waals surface area contributed by atoms with Gasteiger partial charge in [0.15, 0.2) is 11.4 Å². The van der Waals surface area contributed by atoms with Crippen LogP contribution in [0.15, 0.2) is 24.3 Å². The average Bonchev–Trinajstić information content (AvgIpc) is 2.65. The number of anilines is 3. The van der Waals surface area contributed by atoms with E-state index in [9.17, 15) is 23.2 Å². The molecular formula is C18H19F3N6O3. The summed E-state index contributed by atoms with van der Waals surface area (Å²) in [5.74, 6) is -1.41. The van der Waals surface area contributed by atoms with Gasteiger partial charge in [0.05, 0.1) is 6.61 Å². The van der Waals surface area contributed by atoms with Gasteiger partial charge in [-0.2, -0.15) is 15.2 Å². The van der Waals surface area contributed by atoms with Crippen molar-refractivity contribution in [1.29, 1.82) is 5.26 Å². The van der Waals surface area contributed by atoms with Crippen molar-refractivity contribution in [3.8, 4) is 17.7 Å². The Morgan fingerprint density at radius 3 is 2.70 bits per heavy atom. The highest BCUT2D eigenvalue weighted by molar-refractivity contribution is 5.97. The zero-order valence-corrected chi connectivity index (χ0v) is 16.3. The number of carbonyl (C=O) groups is 1. The highest BCUT2D eigenvalue weighted by Crippen LogP contribution is 2.28. The van der Waals surface area contributed by atoms with E-state index in [1.54, 1.807) is 6.92 Å². The number of rotatable bonds is 7. The molecule has 0 aliphatic heterocycles. The molecule has 3 N–H and O–H groups in total. The molecule has 0 unspecified atom stereocenters. The van der Waals surface area contributed by atoms with Crippen molar-refractivity contribution >= 4 is 23.4 Å². The lowest BCUT2D eigenvalue weighted by molar-refractivity contribution is -0.274. The molecule has 1 aromatic carbocycles. The molecule has 2 rings (SSSR count). The Balaban J connectivity index is 2.23. The number of nitrogens with one attached hydrogen (secondary N) is 1. The normalized spacial score (nSPS) is 11.9. The molecule has 30 heavy (non-hydrogen) atoms. The third-order valence-electron chi connectivity index (χ3n) is 3.95. The summed E-state index contributed by atoms with van der Waals surface area (Å²) < 4.78 is 46.4. The van der Waals surface area contributed by atoms with Crippen molar-refractivity contribution in [2.45, 2.75) is 26.3 Å². The molecule has 0 saturated carbocycles. The van der Waals surface area contributed by atoms with Gasteiger partial charge in [0.1, 0.15) is 17.9 Å². The summed E-state index contributed by atoms with van der Waals surface area (Å²) in [4.78, 5) is 21.8. The predicted octanol–water partition coefficient (Wildman–Crippen LogP) is 2.69. The van der Waals surface area contributed by atoms with Gasteiger partial charge in [0, 0.05) is 18.8 Å². The van der Waals surface area contributed by atoms with Gasteiger partial charge in [-0.3, -0.25) is 4.79 Å². The van der Waals surface area contributed by atoms with E-state index in [2.05, 4.69) is 20.0 Å². The molecule has 1 amide bonds. The van der Waals surface area contributed by atoms with Crippen molar-refractivity contribution in [3.05, 3.63) is 29.8 Å². The minimum absolute atomic E-state index is 0.0687. The number of nitrogens with zero attached hydrogens (tertiary/aromatic N) is 4. The summed E-state index contributed by atoms with van der Waals surface area (Å²) in [5, 5.41) is 11.8. The van der Waals surface area contributed by atoms with Crippen molar-refractivity contribution < 1.29 is 27.4 Å². The number of hydrogen-bond acceptors (Lipinski definition) is 8. The second-order valence-corrected chi connectivity index (χ2v) is 5.98. The van der Waals surface area contributed by atoms with Crippen molar-refractivity contribution in [3.63, 3.8) is 0 Å². The quantitative estimate of drug-likeness (QED) is 0.695. The minimum Gasteiger partial charge on any atom is -0.477 e. The number of halogens is 3. The first-order chi connectivity index (χ1) is 14.1. The molecule has 0 fully saturated rings. The van der Waals surface area contributed by atoms with Crippen molar-refractivity contribution in [1.82, 2.24) is 9.97 Å². The average molecular weight is 424 g/mol. The van der Waals surface area contributed by atoms with E-state index < -0.39 is 24.1 Å². The molecule has 2 aromatic rings. The van der Waals surface area contributed by atoms with E-state index in [4.69, 9.17) is 10.5 Å². The van der Waals surface area contributed by atoms with E-state index in [1.807, 2.05) is 6.07 Å². The van der Waals surface area contributed by atoms with Gasteiger partial charge >= 0.3 is 6.36 Å². The molecular weight excluding hydrogens is 405 g/mol. The van der Waals surface area contributed by atoms with Crippen LogP contribution in [-0.4, -0.2) is 41.9 Å². The minimum atomic E-state index is -4.83. The Hall–Kier alpha value is -3.75. The lowest BCUT2D eigenvalue weighted by atomic mass is 10.2. The van der Waals surface area contributed by atoms with Crippen LogP contribution in [0, 0.1) is 11.3 Å². The third kappa shape index (κ3) is 5.63. The number of nitrogens with two attached hydrogens (primary N) is 1. The molecule has 0 bridgehead atoms. The summed E-state index contributed by atoms with van der Waals surface area (Å²) in [5.41, 5.74) is 5.80. The van der Waals surface area contributed by atoms with Gasteiger partial charge in [-0.1, -0.05) is 6.07 Å². The summed E-state index contributed by atoms with van der Waals surface area (Å²) in [7, 11) is 1.52. The summed E-state index contributed by atoms with van der Waals surface area (Å²) >= 11 is 0. The number of nitriles is 1. The van der Waals surface area contributed by atoms with Gasteiger partial charge in [0.25, 0.3) is 0 Å².